The van der Waals surface area contributed by atoms with Gasteiger partial charge in [-0.2, -0.15) is 0 Å². The molecule has 1 saturated heterocycles. The average molecular weight is 362 g/mol. The molecule has 0 aromatic carbocycles. The molecule has 1 heterocycles. The van der Waals surface area contributed by atoms with Gasteiger partial charge in [-0.1, -0.05) is 63.6 Å². The molecule has 0 amide bonds. The van der Waals surface area contributed by atoms with Crippen LogP contribution in [0.25, 0.3) is 0 Å². The topological polar surface area (TPSA) is 18.5 Å². The molecule has 3 heteroatoms. The predicted octanol–water partition coefficient (Wildman–Crippen LogP) is 4.34. The lowest BCUT2D eigenvalue weighted by atomic mass is 9.99. The highest BCUT2D eigenvalue weighted by Gasteiger charge is 2.18. The highest BCUT2D eigenvalue weighted by molar-refractivity contribution is 5.18. The van der Waals surface area contributed by atoms with E-state index in [0.717, 1.165) is 19.0 Å². The summed E-state index contributed by atoms with van der Waals surface area (Å²) in [4.78, 5) is 5.36. The summed E-state index contributed by atoms with van der Waals surface area (Å²) < 4.78 is 0. The zero-order valence-electron chi connectivity index (χ0n) is 17.8. The smallest absolute Gasteiger partial charge is 0.0199 e. The third kappa shape index (κ3) is 9.70. The van der Waals surface area contributed by atoms with E-state index >= 15 is 0 Å². The van der Waals surface area contributed by atoms with Crippen molar-refractivity contribution in [2.75, 3.05) is 52.9 Å². The van der Waals surface area contributed by atoms with Gasteiger partial charge in [-0.05, 0) is 57.8 Å². The molecule has 150 valence electrons. The highest BCUT2D eigenvalue weighted by atomic mass is 15.2. The molecule has 0 aliphatic carbocycles. The van der Waals surface area contributed by atoms with E-state index in [-0.39, 0.29) is 0 Å². The summed E-state index contributed by atoms with van der Waals surface area (Å²) in [5.74, 6) is 1.45. The van der Waals surface area contributed by atoms with Gasteiger partial charge in [-0.3, -0.25) is 4.90 Å². The van der Waals surface area contributed by atoms with Gasteiger partial charge in [0, 0.05) is 26.2 Å². The van der Waals surface area contributed by atoms with E-state index in [4.69, 9.17) is 0 Å². The van der Waals surface area contributed by atoms with E-state index in [1.807, 2.05) is 12.2 Å². The fraction of sp³-hybridized carbons (Fsp3) is 0.739. The van der Waals surface area contributed by atoms with E-state index in [1.54, 1.807) is 0 Å². The minimum atomic E-state index is 0.598. The van der Waals surface area contributed by atoms with Crippen molar-refractivity contribution in [2.24, 2.45) is 11.8 Å². The minimum absolute atomic E-state index is 0.598. The number of nitrogens with zero attached hydrogens (tertiary/aromatic N) is 2. The second kappa shape index (κ2) is 14.2. The molecule has 3 nitrogen and oxygen atoms in total. The van der Waals surface area contributed by atoms with Crippen LogP contribution in [-0.4, -0.2) is 62.7 Å². The summed E-state index contributed by atoms with van der Waals surface area (Å²) in [6.07, 6.45) is 13.5. The van der Waals surface area contributed by atoms with Crippen molar-refractivity contribution in [1.82, 2.24) is 15.1 Å². The van der Waals surface area contributed by atoms with Crippen LogP contribution in [-0.2, 0) is 0 Å². The van der Waals surface area contributed by atoms with Gasteiger partial charge < -0.3 is 10.2 Å². The first-order chi connectivity index (χ1) is 12.6. The molecule has 1 fully saturated rings. The lowest BCUT2D eigenvalue weighted by Crippen LogP contribution is -2.35. The summed E-state index contributed by atoms with van der Waals surface area (Å²) in [7, 11) is 2.05. The monoisotopic (exact) mass is 361 g/mol. The molecule has 1 unspecified atom stereocenters. The lowest BCUT2D eigenvalue weighted by molar-refractivity contribution is 0.220. The maximum Gasteiger partial charge on any atom is 0.0199 e. The van der Waals surface area contributed by atoms with Gasteiger partial charge in [0.25, 0.3) is 0 Å². The predicted molar refractivity (Wildman–Crippen MR) is 117 cm³/mol. The van der Waals surface area contributed by atoms with E-state index in [2.05, 4.69) is 61.7 Å². The highest BCUT2D eigenvalue weighted by Crippen LogP contribution is 2.17. The van der Waals surface area contributed by atoms with Gasteiger partial charge in [-0.15, -0.1) is 0 Å². The van der Waals surface area contributed by atoms with Crippen molar-refractivity contribution in [3.05, 3.63) is 36.5 Å². The molecule has 1 aliphatic rings. The Labute approximate surface area is 163 Å². The van der Waals surface area contributed by atoms with Crippen molar-refractivity contribution in [3.63, 3.8) is 0 Å². The van der Waals surface area contributed by atoms with Gasteiger partial charge >= 0.3 is 0 Å². The van der Waals surface area contributed by atoms with Gasteiger partial charge in [0.15, 0.2) is 0 Å². The Morgan fingerprint density at radius 3 is 2.50 bits per heavy atom. The second-order valence-electron chi connectivity index (χ2n) is 7.97. The molecule has 0 bridgehead atoms. The SMILES string of the molecule is C=C/C=C\C=C(\CN1CCCN(CC(CC)CCCNC)CC1)C(C)C. The van der Waals surface area contributed by atoms with Crippen molar-refractivity contribution in [2.45, 2.75) is 46.5 Å². The largest absolute Gasteiger partial charge is 0.320 e. The Bertz CT molecular complexity index is 425. The van der Waals surface area contributed by atoms with E-state index in [1.165, 1.54) is 64.0 Å². The maximum atomic E-state index is 3.76. The first-order valence-corrected chi connectivity index (χ1v) is 10.7. The molecular formula is C23H43N3. The maximum absolute atomic E-state index is 3.76. The van der Waals surface area contributed by atoms with Crippen LogP contribution in [0.15, 0.2) is 36.5 Å². The first-order valence-electron chi connectivity index (χ1n) is 10.7. The normalized spacial score (nSPS) is 19.2. The molecule has 0 saturated carbocycles. The van der Waals surface area contributed by atoms with E-state index in [0.29, 0.717) is 5.92 Å². The van der Waals surface area contributed by atoms with E-state index < -0.39 is 0 Å². The van der Waals surface area contributed by atoms with Crippen molar-refractivity contribution >= 4 is 0 Å². The van der Waals surface area contributed by atoms with Crippen LogP contribution in [0.2, 0.25) is 0 Å². The first kappa shape index (κ1) is 23.1. The Balaban J connectivity index is 2.49. The average Bonchev–Trinajstić information content (AvgIpc) is 2.85. The van der Waals surface area contributed by atoms with Crippen molar-refractivity contribution < 1.29 is 0 Å². The zero-order chi connectivity index (χ0) is 19.2. The molecule has 1 N–H and O–H groups in total. The number of rotatable bonds is 12. The molecule has 26 heavy (non-hydrogen) atoms. The van der Waals surface area contributed by atoms with Gasteiger partial charge in [0.2, 0.25) is 0 Å². The van der Waals surface area contributed by atoms with Gasteiger partial charge in [-0.25, -0.2) is 0 Å². The van der Waals surface area contributed by atoms with Crippen LogP contribution in [0.4, 0.5) is 0 Å². The third-order valence-corrected chi connectivity index (χ3v) is 5.52. The summed E-state index contributed by atoms with van der Waals surface area (Å²) >= 11 is 0. The van der Waals surface area contributed by atoms with Crippen LogP contribution < -0.4 is 5.32 Å². The minimum Gasteiger partial charge on any atom is -0.320 e. The summed E-state index contributed by atoms with van der Waals surface area (Å²) in [5, 5.41) is 3.28. The van der Waals surface area contributed by atoms with Crippen LogP contribution in [0.3, 0.4) is 0 Å². The summed E-state index contributed by atoms with van der Waals surface area (Å²) in [5.41, 5.74) is 1.52. The second-order valence-corrected chi connectivity index (χ2v) is 7.97. The molecule has 0 aromatic rings. The zero-order valence-corrected chi connectivity index (χ0v) is 17.8. The number of hydrogen-bond acceptors (Lipinski definition) is 3. The Morgan fingerprint density at radius 1 is 1.12 bits per heavy atom. The fourth-order valence-electron chi connectivity index (χ4n) is 3.67. The quantitative estimate of drug-likeness (QED) is 0.412. The van der Waals surface area contributed by atoms with Crippen molar-refractivity contribution in [3.8, 4) is 0 Å². The Kier molecular flexibility index (Phi) is 12.6. The number of hydrogen-bond donors (Lipinski definition) is 1. The molecule has 0 radical (unpaired) electrons. The number of nitrogens with one attached hydrogen (secondary N) is 1. The van der Waals surface area contributed by atoms with Crippen molar-refractivity contribution in [1.29, 1.82) is 0 Å². The summed E-state index contributed by atoms with van der Waals surface area (Å²) in [6.45, 7) is 19.1. The van der Waals surface area contributed by atoms with Crippen LogP contribution in [0.5, 0.6) is 0 Å². The molecule has 1 rings (SSSR count). The fourth-order valence-corrected chi connectivity index (χ4v) is 3.67. The van der Waals surface area contributed by atoms with Gasteiger partial charge in [0.1, 0.15) is 0 Å². The molecule has 1 atom stereocenters. The lowest BCUT2D eigenvalue weighted by Gasteiger charge is -2.26. The van der Waals surface area contributed by atoms with Crippen LogP contribution >= 0.6 is 0 Å². The molecule has 0 aromatic heterocycles. The van der Waals surface area contributed by atoms with Crippen LogP contribution in [0, 0.1) is 11.8 Å². The van der Waals surface area contributed by atoms with Gasteiger partial charge in [0.05, 0.1) is 0 Å². The molecule has 1 aliphatic heterocycles. The Morgan fingerprint density at radius 2 is 1.85 bits per heavy atom. The Hall–Kier alpha value is -0.900. The van der Waals surface area contributed by atoms with Crippen LogP contribution in [0.1, 0.15) is 46.5 Å². The summed E-state index contributed by atoms with van der Waals surface area (Å²) in [6, 6.07) is 0. The molecule has 0 spiro atoms. The standard InChI is InChI=1S/C23H43N3/c1-6-8-9-13-23(21(3)4)20-26-16-11-15-25(17-18-26)19-22(7-2)12-10-14-24-5/h6,8-9,13,21-22,24H,1,7,10-12,14-20H2,2-5H3/b9-8-,23-13-. The number of allylic oxidation sites excluding steroid dienone is 4. The van der Waals surface area contributed by atoms with E-state index in [9.17, 15) is 0 Å². The third-order valence-electron chi connectivity index (χ3n) is 5.52. The molecular weight excluding hydrogens is 318 g/mol.